The van der Waals surface area contributed by atoms with Crippen molar-refractivity contribution in [3.8, 4) is 0 Å². The monoisotopic (exact) mass is 251 g/mol. The third-order valence-corrected chi connectivity index (χ3v) is 2.68. The van der Waals surface area contributed by atoms with Gasteiger partial charge in [-0.1, -0.05) is 30.3 Å². The summed E-state index contributed by atoms with van der Waals surface area (Å²) in [6.07, 6.45) is 0.127. The van der Waals surface area contributed by atoms with Crippen molar-refractivity contribution in [1.29, 1.82) is 0 Å². The van der Waals surface area contributed by atoms with Gasteiger partial charge in [0.15, 0.2) is 0 Å². The molecule has 0 heterocycles. The number of benzene rings is 1. The van der Waals surface area contributed by atoms with Gasteiger partial charge in [0.25, 0.3) is 0 Å². The normalized spacial score (nSPS) is 13.9. The van der Waals surface area contributed by atoms with Crippen LogP contribution in [-0.2, 0) is 16.0 Å². The molecule has 0 saturated heterocycles. The molecular weight excluding hydrogens is 230 g/mol. The Labute approximate surface area is 108 Å². The Morgan fingerprint density at radius 1 is 1.39 bits per heavy atom. The Hall–Kier alpha value is -1.39. The van der Waals surface area contributed by atoms with E-state index < -0.39 is 6.10 Å². The Morgan fingerprint density at radius 3 is 2.61 bits per heavy atom. The molecule has 1 amide bonds. The van der Waals surface area contributed by atoms with Crippen molar-refractivity contribution >= 4 is 5.91 Å². The molecule has 0 aliphatic heterocycles. The minimum Gasteiger partial charge on any atom is -0.394 e. The van der Waals surface area contributed by atoms with Gasteiger partial charge in [-0.15, -0.1) is 0 Å². The molecule has 100 valence electrons. The Kier molecular flexibility index (Phi) is 6.39. The largest absolute Gasteiger partial charge is 0.394 e. The lowest BCUT2D eigenvalue weighted by Gasteiger charge is -2.19. The highest BCUT2D eigenvalue weighted by Gasteiger charge is 2.17. The lowest BCUT2D eigenvalue weighted by Crippen LogP contribution is -2.44. The summed E-state index contributed by atoms with van der Waals surface area (Å²) in [5, 5.41) is 12.1. The highest BCUT2D eigenvalue weighted by Crippen LogP contribution is 2.03. The molecule has 4 nitrogen and oxygen atoms in total. The van der Waals surface area contributed by atoms with Crippen LogP contribution in [0.15, 0.2) is 30.3 Å². The fraction of sp³-hybridized carbons (Fsp3) is 0.500. The Balaban J connectivity index is 2.49. The number of carbonyl (C=O) groups is 1. The minimum absolute atomic E-state index is 0.0838. The number of hydrogen-bond donors (Lipinski definition) is 2. The SMILES string of the molecule is CCOC(C)C(=O)NC(CO)Cc1ccccc1. The quantitative estimate of drug-likeness (QED) is 0.764. The van der Waals surface area contributed by atoms with Crippen LogP contribution >= 0.6 is 0 Å². The van der Waals surface area contributed by atoms with Gasteiger partial charge >= 0.3 is 0 Å². The van der Waals surface area contributed by atoms with Crippen LogP contribution in [0, 0.1) is 0 Å². The van der Waals surface area contributed by atoms with E-state index in [1.54, 1.807) is 6.92 Å². The highest BCUT2D eigenvalue weighted by atomic mass is 16.5. The summed E-state index contributed by atoms with van der Waals surface area (Å²) in [5.74, 6) is -0.188. The molecule has 2 N–H and O–H groups in total. The third kappa shape index (κ3) is 4.85. The Bertz CT molecular complexity index is 353. The standard InChI is InChI=1S/C14H21NO3/c1-3-18-11(2)14(17)15-13(10-16)9-12-7-5-4-6-8-12/h4-8,11,13,16H,3,9-10H2,1-2H3,(H,15,17). The van der Waals surface area contributed by atoms with Crippen LogP contribution in [0.1, 0.15) is 19.4 Å². The molecule has 0 aliphatic carbocycles. The van der Waals surface area contributed by atoms with Crippen molar-refractivity contribution < 1.29 is 14.6 Å². The third-order valence-electron chi connectivity index (χ3n) is 2.68. The van der Waals surface area contributed by atoms with Gasteiger partial charge in [-0.25, -0.2) is 0 Å². The summed E-state index contributed by atoms with van der Waals surface area (Å²) >= 11 is 0. The van der Waals surface area contributed by atoms with Crippen molar-refractivity contribution in [1.82, 2.24) is 5.32 Å². The van der Waals surface area contributed by atoms with E-state index in [0.717, 1.165) is 5.56 Å². The molecule has 0 aliphatic rings. The van der Waals surface area contributed by atoms with Gasteiger partial charge in [-0.3, -0.25) is 4.79 Å². The summed E-state index contributed by atoms with van der Waals surface area (Å²) in [4.78, 5) is 11.7. The van der Waals surface area contributed by atoms with Crippen molar-refractivity contribution in [2.24, 2.45) is 0 Å². The van der Waals surface area contributed by atoms with Crippen LogP contribution in [0.5, 0.6) is 0 Å². The summed E-state index contributed by atoms with van der Waals surface area (Å²) < 4.78 is 5.21. The van der Waals surface area contributed by atoms with Crippen molar-refractivity contribution in [2.45, 2.75) is 32.4 Å². The first-order chi connectivity index (χ1) is 8.67. The second kappa shape index (κ2) is 7.84. The van der Waals surface area contributed by atoms with Gasteiger partial charge in [0.2, 0.25) is 5.91 Å². The van der Waals surface area contributed by atoms with E-state index in [1.807, 2.05) is 37.3 Å². The molecule has 0 spiro atoms. The second-order valence-corrected chi connectivity index (χ2v) is 4.18. The smallest absolute Gasteiger partial charge is 0.249 e. The maximum atomic E-state index is 11.7. The number of carbonyl (C=O) groups excluding carboxylic acids is 1. The van der Waals surface area contributed by atoms with Crippen molar-refractivity contribution in [3.63, 3.8) is 0 Å². The van der Waals surface area contributed by atoms with Gasteiger partial charge in [0, 0.05) is 6.61 Å². The number of aliphatic hydroxyl groups excluding tert-OH is 1. The van der Waals surface area contributed by atoms with E-state index in [0.29, 0.717) is 13.0 Å². The van der Waals surface area contributed by atoms with E-state index in [4.69, 9.17) is 4.74 Å². The van der Waals surface area contributed by atoms with Gasteiger partial charge in [0.05, 0.1) is 12.6 Å². The fourth-order valence-electron chi connectivity index (χ4n) is 1.70. The molecule has 0 bridgehead atoms. The van der Waals surface area contributed by atoms with Crippen LogP contribution < -0.4 is 5.32 Å². The molecule has 1 aromatic rings. The van der Waals surface area contributed by atoms with E-state index in [2.05, 4.69) is 5.32 Å². The molecule has 0 fully saturated rings. The molecule has 2 atom stereocenters. The van der Waals surface area contributed by atoms with Crippen LogP contribution in [-0.4, -0.2) is 36.4 Å². The molecule has 2 unspecified atom stereocenters. The average Bonchev–Trinajstić information content (AvgIpc) is 2.39. The van der Waals surface area contributed by atoms with E-state index in [1.165, 1.54) is 0 Å². The zero-order valence-electron chi connectivity index (χ0n) is 10.9. The van der Waals surface area contributed by atoms with Crippen LogP contribution in [0.25, 0.3) is 0 Å². The van der Waals surface area contributed by atoms with Gasteiger partial charge < -0.3 is 15.2 Å². The van der Waals surface area contributed by atoms with E-state index >= 15 is 0 Å². The first-order valence-electron chi connectivity index (χ1n) is 6.24. The van der Waals surface area contributed by atoms with Gasteiger partial charge in [-0.2, -0.15) is 0 Å². The predicted molar refractivity (Wildman–Crippen MR) is 70.3 cm³/mol. The summed E-state index contributed by atoms with van der Waals surface area (Å²) in [7, 11) is 0. The molecule has 4 heteroatoms. The fourth-order valence-corrected chi connectivity index (χ4v) is 1.70. The number of nitrogens with one attached hydrogen (secondary N) is 1. The van der Waals surface area contributed by atoms with Crippen molar-refractivity contribution in [3.05, 3.63) is 35.9 Å². The Morgan fingerprint density at radius 2 is 2.06 bits per heavy atom. The molecule has 18 heavy (non-hydrogen) atoms. The van der Waals surface area contributed by atoms with Crippen LogP contribution in [0.2, 0.25) is 0 Å². The lowest BCUT2D eigenvalue weighted by atomic mass is 10.1. The highest BCUT2D eigenvalue weighted by molar-refractivity contribution is 5.80. The average molecular weight is 251 g/mol. The molecule has 0 radical (unpaired) electrons. The zero-order chi connectivity index (χ0) is 13.4. The predicted octanol–water partition coefficient (Wildman–Crippen LogP) is 1.13. The summed E-state index contributed by atoms with van der Waals surface area (Å²) in [6, 6.07) is 9.49. The van der Waals surface area contributed by atoms with Crippen LogP contribution in [0.3, 0.4) is 0 Å². The summed E-state index contributed by atoms with van der Waals surface area (Å²) in [6.45, 7) is 3.96. The minimum atomic E-state index is -0.486. The number of aliphatic hydroxyl groups is 1. The van der Waals surface area contributed by atoms with E-state index in [-0.39, 0.29) is 18.6 Å². The second-order valence-electron chi connectivity index (χ2n) is 4.18. The molecular formula is C14H21NO3. The molecule has 1 rings (SSSR count). The number of ether oxygens (including phenoxy) is 1. The van der Waals surface area contributed by atoms with E-state index in [9.17, 15) is 9.90 Å². The zero-order valence-corrected chi connectivity index (χ0v) is 10.9. The number of rotatable bonds is 7. The number of amides is 1. The first kappa shape index (κ1) is 14.7. The lowest BCUT2D eigenvalue weighted by molar-refractivity contribution is -0.132. The summed E-state index contributed by atoms with van der Waals surface area (Å²) in [5.41, 5.74) is 1.08. The first-order valence-corrected chi connectivity index (χ1v) is 6.24. The van der Waals surface area contributed by atoms with Gasteiger partial charge in [0.1, 0.15) is 6.10 Å². The van der Waals surface area contributed by atoms with Crippen molar-refractivity contribution in [2.75, 3.05) is 13.2 Å². The molecule has 0 aromatic heterocycles. The van der Waals surface area contributed by atoms with Gasteiger partial charge in [-0.05, 0) is 25.8 Å². The maximum absolute atomic E-state index is 11.7. The number of hydrogen-bond acceptors (Lipinski definition) is 3. The molecule has 1 aromatic carbocycles. The topological polar surface area (TPSA) is 58.6 Å². The maximum Gasteiger partial charge on any atom is 0.249 e. The molecule has 0 saturated carbocycles. The van der Waals surface area contributed by atoms with Crippen LogP contribution in [0.4, 0.5) is 0 Å².